The molecule has 0 aliphatic carbocycles. The van der Waals surface area contributed by atoms with Gasteiger partial charge < -0.3 is 14.2 Å². The molecule has 0 unspecified atom stereocenters. The Balaban J connectivity index is 4.60. The number of carbonyl (C=O) groups excluding carboxylic acids is 3. The third kappa shape index (κ3) is 54.1. The fourth-order valence-electron chi connectivity index (χ4n) is 6.78. The highest BCUT2D eigenvalue weighted by Gasteiger charge is 2.19. The van der Waals surface area contributed by atoms with Gasteiger partial charge in [0.15, 0.2) is 6.10 Å². The van der Waals surface area contributed by atoms with Crippen molar-refractivity contribution in [2.45, 2.75) is 219 Å². The summed E-state index contributed by atoms with van der Waals surface area (Å²) in [5.74, 6) is -1.06. The molecule has 69 heavy (non-hydrogen) atoms. The van der Waals surface area contributed by atoms with Crippen LogP contribution in [0.2, 0.25) is 0 Å². The van der Waals surface area contributed by atoms with Gasteiger partial charge in [0.1, 0.15) is 13.2 Å². The maximum absolute atomic E-state index is 12.8. The summed E-state index contributed by atoms with van der Waals surface area (Å²) in [6.07, 6.45) is 79.8. The molecule has 0 aromatic rings. The lowest BCUT2D eigenvalue weighted by Crippen LogP contribution is -2.30. The zero-order valence-electron chi connectivity index (χ0n) is 44.0. The van der Waals surface area contributed by atoms with E-state index >= 15 is 0 Å². The van der Waals surface area contributed by atoms with E-state index in [-0.39, 0.29) is 44.0 Å². The summed E-state index contributed by atoms with van der Waals surface area (Å²) in [5, 5.41) is 0. The molecule has 0 radical (unpaired) electrons. The Morgan fingerprint density at radius 2 is 0.594 bits per heavy atom. The van der Waals surface area contributed by atoms with Crippen LogP contribution >= 0.6 is 0 Å². The Morgan fingerprint density at radius 3 is 1.00 bits per heavy atom. The topological polar surface area (TPSA) is 78.9 Å². The molecule has 0 spiro atoms. The summed E-state index contributed by atoms with van der Waals surface area (Å²) in [6.45, 7) is 6.27. The number of rotatable bonds is 47. The summed E-state index contributed by atoms with van der Waals surface area (Å²) in [7, 11) is 0. The molecule has 0 aliphatic rings. The smallest absolute Gasteiger partial charge is 0.306 e. The molecule has 1 atom stereocenters. The van der Waals surface area contributed by atoms with Crippen molar-refractivity contribution in [3.8, 4) is 0 Å². The Morgan fingerprint density at radius 1 is 0.304 bits per heavy atom. The molecule has 0 bridgehead atoms. The van der Waals surface area contributed by atoms with Crippen molar-refractivity contribution in [1.29, 1.82) is 0 Å². The lowest BCUT2D eigenvalue weighted by molar-refractivity contribution is -0.166. The van der Waals surface area contributed by atoms with Gasteiger partial charge in [-0.2, -0.15) is 0 Å². The molecule has 0 aromatic carbocycles. The van der Waals surface area contributed by atoms with E-state index in [1.165, 1.54) is 38.5 Å². The van der Waals surface area contributed by atoms with E-state index in [0.717, 1.165) is 122 Å². The molecule has 0 heterocycles. The van der Waals surface area contributed by atoms with Crippen molar-refractivity contribution in [2.75, 3.05) is 13.2 Å². The van der Waals surface area contributed by atoms with Gasteiger partial charge in [-0.15, -0.1) is 0 Å². The van der Waals surface area contributed by atoms with Crippen molar-refractivity contribution in [1.82, 2.24) is 0 Å². The van der Waals surface area contributed by atoms with Crippen LogP contribution in [0.5, 0.6) is 0 Å². The lowest BCUT2D eigenvalue weighted by Gasteiger charge is -2.18. The van der Waals surface area contributed by atoms with E-state index in [2.05, 4.69) is 154 Å². The molecule has 0 fully saturated rings. The monoisotopic (exact) mass is 951 g/mol. The number of hydrogen-bond donors (Lipinski definition) is 0. The van der Waals surface area contributed by atoms with Crippen LogP contribution in [0.25, 0.3) is 0 Å². The van der Waals surface area contributed by atoms with E-state index < -0.39 is 6.10 Å². The highest BCUT2D eigenvalue weighted by molar-refractivity contribution is 5.71. The van der Waals surface area contributed by atoms with Crippen LogP contribution in [0.4, 0.5) is 0 Å². The molecule has 6 heteroatoms. The highest BCUT2D eigenvalue weighted by Crippen LogP contribution is 2.12. The van der Waals surface area contributed by atoms with Crippen molar-refractivity contribution in [3.63, 3.8) is 0 Å². The number of allylic oxidation sites excluding steroid dienone is 24. The van der Waals surface area contributed by atoms with Crippen LogP contribution < -0.4 is 0 Å². The van der Waals surface area contributed by atoms with Gasteiger partial charge >= 0.3 is 17.9 Å². The van der Waals surface area contributed by atoms with E-state index in [9.17, 15) is 14.4 Å². The van der Waals surface area contributed by atoms with E-state index in [0.29, 0.717) is 19.3 Å². The quantitative estimate of drug-likeness (QED) is 0.0262. The first-order valence-electron chi connectivity index (χ1n) is 27.3. The van der Waals surface area contributed by atoms with E-state index in [4.69, 9.17) is 14.2 Å². The van der Waals surface area contributed by atoms with E-state index in [1.807, 2.05) is 12.2 Å². The predicted molar refractivity (Wildman–Crippen MR) is 297 cm³/mol. The molecule has 0 amide bonds. The number of esters is 3. The predicted octanol–water partition coefficient (Wildman–Crippen LogP) is 18.4. The zero-order chi connectivity index (χ0) is 50.0. The number of ether oxygens (including phenoxy) is 3. The molecular formula is C63H98O6. The zero-order valence-corrected chi connectivity index (χ0v) is 44.0. The van der Waals surface area contributed by atoms with Crippen LogP contribution in [0.3, 0.4) is 0 Å². The summed E-state index contributed by atoms with van der Waals surface area (Å²) in [6, 6.07) is 0. The van der Waals surface area contributed by atoms with Gasteiger partial charge in [0.2, 0.25) is 0 Å². The first-order chi connectivity index (χ1) is 34.0. The van der Waals surface area contributed by atoms with Gasteiger partial charge in [-0.1, -0.05) is 212 Å². The normalized spacial score (nSPS) is 13.3. The van der Waals surface area contributed by atoms with Gasteiger partial charge in [-0.3, -0.25) is 14.4 Å². The maximum atomic E-state index is 12.8. The molecule has 0 saturated carbocycles. The van der Waals surface area contributed by atoms with Gasteiger partial charge in [-0.25, -0.2) is 0 Å². The number of hydrogen-bond acceptors (Lipinski definition) is 6. The third-order valence-corrected chi connectivity index (χ3v) is 10.8. The molecule has 6 nitrogen and oxygen atoms in total. The van der Waals surface area contributed by atoms with Crippen molar-refractivity contribution in [2.24, 2.45) is 0 Å². The molecule has 0 aromatic heterocycles. The first-order valence-corrected chi connectivity index (χ1v) is 27.3. The third-order valence-electron chi connectivity index (χ3n) is 10.8. The van der Waals surface area contributed by atoms with Crippen LogP contribution in [0, 0.1) is 0 Å². The Kier molecular flexibility index (Phi) is 52.1. The van der Waals surface area contributed by atoms with Gasteiger partial charge in [-0.05, 0) is 128 Å². The van der Waals surface area contributed by atoms with Gasteiger partial charge in [0.25, 0.3) is 0 Å². The Hall–Kier alpha value is -4.71. The summed E-state index contributed by atoms with van der Waals surface area (Å²) in [4.78, 5) is 38.1. The number of unbranched alkanes of at least 4 members (excludes halogenated alkanes) is 12. The standard InChI is InChI=1S/C63H98O6/c1-4-7-10-13-16-19-22-25-27-29-31-33-35-38-41-44-47-50-53-56-62(65)68-59-60(58-67-61(64)55-52-49-46-43-40-37-24-21-18-15-12-9-6-3)69-63(66)57-54-51-48-45-42-39-36-34-32-30-28-26-23-20-17-14-11-8-5-2/h7-8,10-11,16-17,19-21,24-28,31-34,38-39,41-42,47,50,60H,4-6,9,12-15,18,22-23,29-30,35-37,40,43-46,48-49,51-59H2,1-3H3/b10-7-,11-8-,19-16-,20-17-,24-21-,27-25-,28-26-,33-31-,34-32-,41-38-,42-39-,50-47-/t60-/m1/s1. The molecule has 0 aliphatic heterocycles. The second kappa shape index (κ2) is 55.9. The maximum Gasteiger partial charge on any atom is 0.306 e. The average molecular weight is 951 g/mol. The second-order valence-electron chi connectivity index (χ2n) is 17.4. The second-order valence-corrected chi connectivity index (χ2v) is 17.4. The summed E-state index contributed by atoms with van der Waals surface area (Å²) in [5.41, 5.74) is 0. The molecule has 0 rings (SSSR count). The average Bonchev–Trinajstić information content (AvgIpc) is 3.35. The van der Waals surface area contributed by atoms with Gasteiger partial charge in [0, 0.05) is 19.3 Å². The Labute approximate surface area is 423 Å². The fraction of sp³-hybridized carbons (Fsp3) is 0.571. The minimum absolute atomic E-state index is 0.125. The van der Waals surface area contributed by atoms with Crippen molar-refractivity contribution < 1.29 is 28.6 Å². The minimum Gasteiger partial charge on any atom is -0.462 e. The van der Waals surface area contributed by atoms with Gasteiger partial charge in [0.05, 0.1) is 0 Å². The SMILES string of the molecule is CC/C=C\C/C=C\C/C=C\C/C=C\C/C=C\C/C=C\CCC(=O)OC[C@@H](COC(=O)CCCCCCC/C=C\CCCCCC)OC(=O)CCCCC/C=C\C/C=C\C/C=C\C/C=C\C/C=C\CC. The fourth-order valence-corrected chi connectivity index (χ4v) is 6.78. The van der Waals surface area contributed by atoms with E-state index in [1.54, 1.807) is 0 Å². The largest absolute Gasteiger partial charge is 0.462 e. The first kappa shape index (κ1) is 64.3. The molecule has 386 valence electrons. The van der Waals surface area contributed by atoms with Crippen LogP contribution in [-0.2, 0) is 28.6 Å². The molecular weight excluding hydrogens is 853 g/mol. The van der Waals surface area contributed by atoms with Crippen LogP contribution in [0.1, 0.15) is 213 Å². The van der Waals surface area contributed by atoms with Crippen molar-refractivity contribution >= 4 is 17.9 Å². The summed E-state index contributed by atoms with van der Waals surface area (Å²) < 4.78 is 16.7. The van der Waals surface area contributed by atoms with Crippen LogP contribution in [-0.4, -0.2) is 37.2 Å². The summed E-state index contributed by atoms with van der Waals surface area (Å²) >= 11 is 0. The molecule has 0 N–H and O–H groups in total. The lowest BCUT2D eigenvalue weighted by atomic mass is 10.1. The van der Waals surface area contributed by atoms with Crippen molar-refractivity contribution in [3.05, 3.63) is 146 Å². The van der Waals surface area contributed by atoms with Crippen LogP contribution in [0.15, 0.2) is 146 Å². The Bertz CT molecular complexity index is 1560. The highest BCUT2D eigenvalue weighted by atomic mass is 16.6. The minimum atomic E-state index is -0.836. The number of carbonyl (C=O) groups is 3. The molecule has 0 saturated heterocycles.